The average Bonchev–Trinajstić information content (AvgIpc) is 2.63. The number of hydrogen-bond donors (Lipinski definition) is 4. The molecule has 0 fully saturated rings. The minimum absolute atomic E-state index is 0.100. The van der Waals surface area contributed by atoms with Crippen LogP contribution in [0.4, 0.5) is 5.69 Å². The van der Waals surface area contributed by atoms with Gasteiger partial charge in [-0.15, -0.1) is 0 Å². The summed E-state index contributed by atoms with van der Waals surface area (Å²) in [5, 5.41) is 10.8. The average molecular weight is 404 g/mol. The fourth-order valence-corrected chi connectivity index (χ4v) is 3.22. The lowest BCUT2D eigenvalue weighted by molar-refractivity contribution is 0.725. The van der Waals surface area contributed by atoms with Crippen LogP contribution in [-0.4, -0.2) is 19.0 Å². The number of halogens is 2. The molecule has 3 rings (SSSR count). The van der Waals surface area contributed by atoms with Gasteiger partial charge in [-0.25, -0.2) is 4.99 Å². The second-order valence-corrected chi connectivity index (χ2v) is 7.25. The molecule has 142 valence electrons. The Morgan fingerprint density at radius 2 is 1.85 bits per heavy atom. The molecule has 27 heavy (non-hydrogen) atoms. The molecule has 1 heterocycles. The summed E-state index contributed by atoms with van der Waals surface area (Å²) < 4.78 is 0. The predicted octanol–water partition coefficient (Wildman–Crippen LogP) is 4.11. The smallest absolute Gasteiger partial charge is 0.195 e. The van der Waals surface area contributed by atoms with Crippen molar-refractivity contribution in [2.45, 2.75) is 19.9 Å². The standard InChI is InChI=1S/C20H23Cl2N5/c1-12-4-3-5-15(13(12)2)18-11-19(27-20(23)26-18)25-9-8-24-14-6-7-16(21)17(22)10-14/h3-7,10-11,18,24-25H,8-9H2,1-2H3,(H3,23,26,27). The molecule has 2 aromatic carbocycles. The van der Waals surface area contributed by atoms with E-state index in [-0.39, 0.29) is 6.04 Å². The van der Waals surface area contributed by atoms with Crippen molar-refractivity contribution >= 4 is 34.8 Å². The number of aryl methyl sites for hydroxylation is 1. The Bertz CT molecular complexity index is 892. The summed E-state index contributed by atoms with van der Waals surface area (Å²) >= 11 is 12.0. The molecule has 2 aromatic rings. The molecule has 0 saturated carbocycles. The first kappa shape index (κ1) is 19.4. The molecule has 1 aliphatic heterocycles. The monoisotopic (exact) mass is 403 g/mol. The third-order valence-electron chi connectivity index (χ3n) is 4.52. The van der Waals surface area contributed by atoms with E-state index < -0.39 is 0 Å². The SMILES string of the molecule is Cc1cccc(C2C=C(NCCNc3ccc(Cl)c(Cl)c3)NC(N)=N2)c1C. The van der Waals surface area contributed by atoms with Gasteiger partial charge in [0.1, 0.15) is 11.9 Å². The Morgan fingerprint density at radius 1 is 1.07 bits per heavy atom. The summed E-state index contributed by atoms with van der Waals surface area (Å²) in [6, 6.07) is 11.6. The number of guanidine groups is 1. The Balaban J connectivity index is 1.60. The molecule has 5 N–H and O–H groups in total. The molecule has 1 unspecified atom stereocenters. The lowest BCUT2D eigenvalue weighted by Gasteiger charge is -2.23. The van der Waals surface area contributed by atoms with Crippen LogP contribution in [0.25, 0.3) is 0 Å². The molecule has 0 spiro atoms. The lowest BCUT2D eigenvalue weighted by atomic mass is 9.97. The van der Waals surface area contributed by atoms with Crippen LogP contribution in [0.3, 0.4) is 0 Å². The van der Waals surface area contributed by atoms with Crippen LogP contribution < -0.4 is 21.7 Å². The highest BCUT2D eigenvalue weighted by Gasteiger charge is 2.17. The molecule has 0 saturated heterocycles. The van der Waals surface area contributed by atoms with E-state index in [9.17, 15) is 0 Å². The molecule has 1 aliphatic rings. The summed E-state index contributed by atoms with van der Waals surface area (Å²) in [5.41, 5.74) is 10.5. The number of anilines is 1. The van der Waals surface area contributed by atoms with Gasteiger partial charge in [-0.2, -0.15) is 0 Å². The van der Waals surface area contributed by atoms with Gasteiger partial charge in [-0.05, 0) is 54.8 Å². The van der Waals surface area contributed by atoms with Gasteiger partial charge in [-0.3, -0.25) is 0 Å². The second kappa shape index (κ2) is 8.55. The molecular weight excluding hydrogens is 381 g/mol. The van der Waals surface area contributed by atoms with E-state index in [0.29, 0.717) is 29.1 Å². The first-order valence-electron chi connectivity index (χ1n) is 8.75. The number of rotatable bonds is 6. The van der Waals surface area contributed by atoms with Crippen LogP contribution in [0.5, 0.6) is 0 Å². The normalized spacial score (nSPS) is 16.2. The highest BCUT2D eigenvalue weighted by atomic mass is 35.5. The Morgan fingerprint density at radius 3 is 2.63 bits per heavy atom. The van der Waals surface area contributed by atoms with Gasteiger partial charge in [0.25, 0.3) is 0 Å². The Labute approximate surface area is 169 Å². The molecule has 7 heteroatoms. The highest BCUT2D eigenvalue weighted by molar-refractivity contribution is 6.42. The summed E-state index contributed by atoms with van der Waals surface area (Å²) in [6.07, 6.45) is 2.05. The highest BCUT2D eigenvalue weighted by Crippen LogP contribution is 2.27. The fourth-order valence-electron chi connectivity index (χ4n) is 2.92. The maximum absolute atomic E-state index is 6.03. The first-order valence-corrected chi connectivity index (χ1v) is 9.50. The van der Waals surface area contributed by atoms with Gasteiger partial charge in [0.05, 0.1) is 10.0 Å². The number of hydrogen-bond acceptors (Lipinski definition) is 5. The Hall–Kier alpha value is -2.37. The summed E-state index contributed by atoms with van der Waals surface area (Å²) in [6.45, 7) is 5.62. The molecule has 0 radical (unpaired) electrons. The van der Waals surface area contributed by atoms with E-state index in [1.165, 1.54) is 11.1 Å². The van der Waals surface area contributed by atoms with Crippen molar-refractivity contribution in [3.05, 3.63) is 75.0 Å². The molecular formula is C20H23Cl2N5. The van der Waals surface area contributed by atoms with Crippen LogP contribution in [0.1, 0.15) is 22.7 Å². The second-order valence-electron chi connectivity index (χ2n) is 6.44. The van der Waals surface area contributed by atoms with E-state index in [1.807, 2.05) is 18.2 Å². The quantitative estimate of drug-likeness (QED) is 0.547. The van der Waals surface area contributed by atoms with Crippen molar-refractivity contribution in [3.63, 3.8) is 0 Å². The van der Waals surface area contributed by atoms with Crippen molar-refractivity contribution in [1.29, 1.82) is 0 Å². The zero-order chi connectivity index (χ0) is 19.4. The largest absolute Gasteiger partial charge is 0.383 e. The van der Waals surface area contributed by atoms with Gasteiger partial charge in [0.2, 0.25) is 0 Å². The van der Waals surface area contributed by atoms with Gasteiger partial charge in [0.15, 0.2) is 5.96 Å². The minimum Gasteiger partial charge on any atom is -0.383 e. The van der Waals surface area contributed by atoms with E-state index in [1.54, 1.807) is 6.07 Å². The third kappa shape index (κ3) is 4.87. The summed E-state index contributed by atoms with van der Waals surface area (Å²) in [7, 11) is 0. The van der Waals surface area contributed by atoms with E-state index >= 15 is 0 Å². The predicted molar refractivity (Wildman–Crippen MR) is 114 cm³/mol. The number of nitrogens with two attached hydrogens (primary N) is 1. The number of nitrogens with zero attached hydrogens (tertiary/aromatic N) is 1. The maximum atomic E-state index is 6.03. The van der Waals surface area contributed by atoms with E-state index in [0.717, 1.165) is 17.1 Å². The lowest BCUT2D eigenvalue weighted by Crippen LogP contribution is -2.40. The molecule has 0 bridgehead atoms. The van der Waals surface area contributed by atoms with Crippen molar-refractivity contribution in [1.82, 2.24) is 10.6 Å². The molecule has 0 aliphatic carbocycles. The van der Waals surface area contributed by atoms with Crippen LogP contribution in [0, 0.1) is 13.8 Å². The van der Waals surface area contributed by atoms with Crippen LogP contribution >= 0.6 is 23.2 Å². The van der Waals surface area contributed by atoms with Gasteiger partial charge < -0.3 is 21.7 Å². The van der Waals surface area contributed by atoms with E-state index in [4.69, 9.17) is 28.9 Å². The van der Waals surface area contributed by atoms with Crippen molar-refractivity contribution in [3.8, 4) is 0 Å². The maximum Gasteiger partial charge on any atom is 0.195 e. The van der Waals surface area contributed by atoms with Gasteiger partial charge in [-0.1, -0.05) is 41.4 Å². The van der Waals surface area contributed by atoms with Gasteiger partial charge in [0, 0.05) is 18.8 Å². The van der Waals surface area contributed by atoms with Crippen molar-refractivity contribution < 1.29 is 0 Å². The summed E-state index contributed by atoms with van der Waals surface area (Å²) in [4.78, 5) is 4.52. The van der Waals surface area contributed by atoms with Crippen molar-refractivity contribution in [2.75, 3.05) is 18.4 Å². The van der Waals surface area contributed by atoms with Crippen LogP contribution in [0.15, 0.2) is 53.3 Å². The Kier molecular flexibility index (Phi) is 6.14. The molecule has 1 atom stereocenters. The summed E-state index contributed by atoms with van der Waals surface area (Å²) in [5.74, 6) is 1.26. The topological polar surface area (TPSA) is 74.5 Å². The zero-order valence-electron chi connectivity index (χ0n) is 15.3. The third-order valence-corrected chi connectivity index (χ3v) is 5.26. The molecule has 0 aromatic heterocycles. The molecule has 5 nitrogen and oxygen atoms in total. The van der Waals surface area contributed by atoms with E-state index in [2.05, 4.69) is 53.0 Å². The number of benzene rings is 2. The van der Waals surface area contributed by atoms with Crippen molar-refractivity contribution in [2.24, 2.45) is 10.7 Å². The van der Waals surface area contributed by atoms with Crippen LogP contribution in [0.2, 0.25) is 10.0 Å². The number of nitrogens with one attached hydrogen (secondary N) is 3. The van der Waals surface area contributed by atoms with Crippen LogP contribution in [-0.2, 0) is 0 Å². The first-order chi connectivity index (χ1) is 12.9. The number of aliphatic imine (C=N–C) groups is 1. The van der Waals surface area contributed by atoms with Gasteiger partial charge >= 0.3 is 0 Å². The fraction of sp³-hybridized carbons (Fsp3) is 0.250. The minimum atomic E-state index is -0.100. The molecule has 0 amide bonds. The zero-order valence-corrected chi connectivity index (χ0v) is 16.8.